The summed E-state index contributed by atoms with van der Waals surface area (Å²) in [5.41, 5.74) is 2.45. The van der Waals surface area contributed by atoms with Gasteiger partial charge in [-0.2, -0.15) is 9.64 Å². The van der Waals surface area contributed by atoms with Crippen molar-refractivity contribution in [1.82, 2.24) is 9.69 Å². The first kappa shape index (κ1) is 21.9. The number of benzene rings is 1. The molecule has 0 saturated carbocycles. The molecule has 1 aromatic carbocycles. The standard InChI is InChI=1S/C19H24N4O3S2/c1-12(2)11-16(18(24)21-10-9-20)22-19-17(13(3)23-27-19)14-5-7-15(8-6-14)28(4,25)26/h5-8,12,16,22H,10-11H2,1-4H3,(H,21,24)/t16-/m0/s1. The minimum atomic E-state index is -3.27. The molecule has 0 aliphatic rings. The van der Waals surface area contributed by atoms with Crippen molar-refractivity contribution in [1.29, 1.82) is 5.26 Å². The molecule has 0 spiro atoms. The Balaban J connectivity index is 2.34. The van der Waals surface area contributed by atoms with E-state index in [9.17, 15) is 13.2 Å². The Kier molecular flexibility index (Phi) is 7.16. The Hall–Kier alpha value is -2.44. The van der Waals surface area contributed by atoms with Gasteiger partial charge >= 0.3 is 0 Å². The van der Waals surface area contributed by atoms with Gasteiger partial charge in [0.15, 0.2) is 9.84 Å². The number of rotatable bonds is 8. The van der Waals surface area contributed by atoms with Crippen LogP contribution >= 0.6 is 11.5 Å². The molecular formula is C19H24N4O3S2. The van der Waals surface area contributed by atoms with Gasteiger partial charge in [-0.3, -0.25) is 4.79 Å². The Morgan fingerprint density at radius 3 is 2.46 bits per heavy atom. The van der Waals surface area contributed by atoms with Crippen LogP contribution in [0.25, 0.3) is 11.1 Å². The number of sulfone groups is 1. The summed E-state index contributed by atoms with van der Waals surface area (Å²) in [6.07, 6.45) is 1.77. The lowest BCUT2D eigenvalue weighted by Crippen LogP contribution is -2.40. The third-order valence-corrected chi connectivity index (χ3v) is 6.10. The van der Waals surface area contributed by atoms with E-state index in [0.717, 1.165) is 21.8 Å². The molecule has 0 unspecified atom stereocenters. The SMILES string of the molecule is Cc1nsc(N[C@@H](CC(C)C)C(=O)NCC#N)c1-c1ccc(S(C)(=O)=O)cc1. The number of nitrogens with zero attached hydrogens (tertiary/aromatic N) is 2. The third kappa shape index (κ3) is 5.53. The summed E-state index contributed by atoms with van der Waals surface area (Å²) in [4.78, 5) is 12.7. The number of aromatic nitrogens is 1. The fraction of sp³-hybridized carbons (Fsp3) is 0.421. The van der Waals surface area contributed by atoms with Gasteiger partial charge < -0.3 is 10.6 Å². The van der Waals surface area contributed by atoms with Gasteiger partial charge in [0.2, 0.25) is 5.91 Å². The molecule has 28 heavy (non-hydrogen) atoms. The summed E-state index contributed by atoms with van der Waals surface area (Å²) >= 11 is 1.25. The van der Waals surface area contributed by atoms with Crippen molar-refractivity contribution in [2.24, 2.45) is 5.92 Å². The van der Waals surface area contributed by atoms with Crippen LogP contribution in [-0.4, -0.2) is 37.5 Å². The third-order valence-electron chi connectivity index (χ3n) is 4.10. The van der Waals surface area contributed by atoms with Crippen molar-refractivity contribution in [2.45, 2.75) is 38.1 Å². The van der Waals surface area contributed by atoms with Crippen LogP contribution in [0.3, 0.4) is 0 Å². The fourth-order valence-corrected chi connectivity index (χ4v) is 4.29. The first-order valence-electron chi connectivity index (χ1n) is 8.81. The number of hydrogen-bond acceptors (Lipinski definition) is 7. The van der Waals surface area contributed by atoms with Crippen LogP contribution in [0, 0.1) is 24.2 Å². The second kappa shape index (κ2) is 9.17. The molecule has 0 aliphatic heterocycles. The van der Waals surface area contributed by atoms with Gasteiger partial charge in [0.05, 0.1) is 16.7 Å². The van der Waals surface area contributed by atoms with E-state index in [0.29, 0.717) is 6.42 Å². The maximum absolute atomic E-state index is 12.4. The van der Waals surface area contributed by atoms with Crippen LogP contribution in [0.4, 0.5) is 5.00 Å². The Morgan fingerprint density at radius 1 is 1.29 bits per heavy atom. The Morgan fingerprint density at radius 2 is 1.93 bits per heavy atom. The molecule has 1 heterocycles. The number of hydrogen-bond donors (Lipinski definition) is 2. The highest BCUT2D eigenvalue weighted by Crippen LogP contribution is 2.36. The number of nitriles is 1. The quantitative estimate of drug-likeness (QED) is 0.635. The monoisotopic (exact) mass is 420 g/mol. The van der Waals surface area contributed by atoms with E-state index in [1.807, 2.05) is 26.8 Å². The van der Waals surface area contributed by atoms with Crippen molar-refractivity contribution >= 4 is 32.3 Å². The number of nitrogens with one attached hydrogen (secondary N) is 2. The van der Waals surface area contributed by atoms with E-state index < -0.39 is 15.9 Å². The summed E-state index contributed by atoms with van der Waals surface area (Å²) < 4.78 is 27.8. The molecule has 0 bridgehead atoms. The number of aryl methyl sites for hydroxylation is 1. The molecule has 0 saturated heterocycles. The zero-order chi connectivity index (χ0) is 20.9. The molecule has 0 fully saturated rings. The molecule has 1 amide bonds. The molecule has 2 aromatic rings. The zero-order valence-electron chi connectivity index (χ0n) is 16.3. The molecular weight excluding hydrogens is 396 g/mol. The predicted molar refractivity (Wildman–Crippen MR) is 111 cm³/mol. The van der Waals surface area contributed by atoms with Crippen molar-refractivity contribution in [3.63, 3.8) is 0 Å². The van der Waals surface area contributed by atoms with E-state index in [2.05, 4.69) is 15.0 Å². The fourth-order valence-electron chi connectivity index (χ4n) is 2.79. The molecule has 7 nitrogen and oxygen atoms in total. The highest BCUT2D eigenvalue weighted by Gasteiger charge is 2.23. The van der Waals surface area contributed by atoms with Crippen LogP contribution in [0.1, 0.15) is 26.0 Å². The van der Waals surface area contributed by atoms with Crippen molar-refractivity contribution in [2.75, 3.05) is 18.1 Å². The number of carbonyl (C=O) groups is 1. The van der Waals surface area contributed by atoms with E-state index in [1.165, 1.54) is 17.8 Å². The molecule has 2 rings (SSSR count). The second-order valence-corrected chi connectivity index (χ2v) is 9.76. The summed E-state index contributed by atoms with van der Waals surface area (Å²) in [6, 6.07) is 8.03. The topological polar surface area (TPSA) is 112 Å². The Bertz CT molecular complexity index is 974. The van der Waals surface area contributed by atoms with Crippen molar-refractivity contribution < 1.29 is 13.2 Å². The maximum atomic E-state index is 12.4. The average Bonchev–Trinajstić information content (AvgIpc) is 2.98. The lowest BCUT2D eigenvalue weighted by Gasteiger charge is -2.20. The van der Waals surface area contributed by atoms with Crippen LogP contribution < -0.4 is 10.6 Å². The lowest BCUT2D eigenvalue weighted by molar-refractivity contribution is -0.121. The van der Waals surface area contributed by atoms with Gasteiger partial charge in [0.25, 0.3) is 0 Å². The Labute approximate surface area is 169 Å². The second-order valence-electron chi connectivity index (χ2n) is 6.97. The highest BCUT2D eigenvalue weighted by atomic mass is 32.2. The molecule has 0 radical (unpaired) electrons. The summed E-state index contributed by atoms with van der Waals surface area (Å²) in [7, 11) is -3.27. The molecule has 0 aliphatic carbocycles. The van der Waals surface area contributed by atoms with Gasteiger partial charge in [-0.05, 0) is 48.5 Å². The summed E-state index contributed by atoms with van der Waals surface area (Å²) in [6.45, 7) is 5.87. The van der Waals surface area contributed by atoms with E-state index >= 15 is 0 Å². The van der Waals surface area contributed by atoms with Crippen LogP contribution in [-0.2, 0) is 14.6 Å². The minimum absolute atomic E-state index is 0.0450. The number of carbonyl (C=O) groups excluding carboxylic acids is 1. The number of amides is 1. The normalized spacial score (nSPS) is 12.4. The van der Waals surface area contributed by atoms with Gasteiger partial charge in [-0.15, -0.1) is 0 Å². The average molecular weight is 421 g/mol. The molecule has 1 aromatic heterocycles. The van der Waals surface area contributed by atoms with Crippen molar-refractivity contribution in [3.8, 4) is 17.2 Å². The highest BCUT2D eigenvalue weighted by molar-refractivity contribution is 7.90. The molecule has 150 valence electrons. The lowest BCUT2D eigenvalue weighted by atomic mass is 10.0. The van der Waals surface area contributed by atoms with E-state index in [1.54, 1.807) is 24.3 Å². The summed E-state index contributed by atoms with van der Waals surface area (Å²) in [5.74, 6) is 0.0384. The van der Waals surface area contributed by atoms with Crippen molar-refractivity contribution in [3.05, 3.63) is 30.0 Å². The van der Waals surface area contributed by atoms with Crippen LogP contribution in [0.5, 0.6) is 0 Å². The van der Waals surface area contributed by atoms with Gasteiger partial charge in [-0.25, -0.2) is 8.42 Å². The smallest absolute Gasteiger partial charge is 0.243 e. The van der Waals surface area contributed by atoms with E-state index in [4.69, 9.17) is 5.26 Å². The maximum Gasteiger partial charge on any atom is 0.243 e. The van der Waals surface area contributed by atoms with E-state index in [-0.39, 0.29) is 23.3 Å². The molecule has 9 heteroatoms. The number of anilines is 1. The van der Waals surface area contributed by atoms with Gasteiger partial charge in [0.1, 0.15) is 17.6 Å². The predicted octanol–water partition coefficient (Wildman–Crippen LogP) is 2.99. The van der Waals surface area contributed by atoms with Gasteiger partial charge in [-0.1, -0.05) is 26.0 Å². The largest absolute Gasteiger partial charge is 0.364 e. The first-order chi connectivity index (χ1) is 13.1. The van der Waals surface area contributed by atoms with Crippen LogP contribution in [0.2, 0.25) is 0 Å². The first-order valence-corrected chi connectivity index (χ1v) is 11.5. The molecule has 1 atom stereocenters. The molecule has 2 N–H and O–H groups in total. The zero-order valence-corrected chi connectivity index (χ0v) is 17.9. The minimum Gasteiger partial charge on any atom is -0.364 e. The van der Waals surface area contributed by atoms with Crippen LogP contribution in [0.15, 0.2) is 29.2 Å². The van der Waals surface area contributed by atoms with Gasteiger partial charge in [0, 0.05) is 11.8 Å². The summed E-state index contributed by atoms with van der Waals surface area (Å²) in [5, 5.41) is 15.3.